The van der Waals surface area contributed by atoms with Crippen molar-refractivity contribution in [1.82, 2.24) is 15.1 Å². The molecule has 1 aromatic heterocycles. The van der Waals surface area contributed by atoms with Crippen LogP contribution in [0, 0.1) is 0 Å². The van der Waals surface area contributed by atoms with E-state index in [-0.39, 0.29) is 0 Å². The minimum atomic E-state index is 0.332. The molecule has 2 aromatic rings. The van der Waals surface area contributed by atoms with Gasteiger partial charge in [0.2, 0.25) is 0 Å². The summed E-state index contributed by atoms with van der Waals surface area (Å²) in [6.07, 6.45) is 4.95. The molecule has 1 heterocycles. The molecule has 0 unspecified atom stereocenters. The zero-order valence-electron chi connectivity index (χ0n) is 10.7. The highest BCUT2D eigenvalue weighted by molar-refractivity contribution is 6.30. The van der Waals surface area contributed by atoms with Gasteiger partial charge in [0.05, 0.1) is 6.20 Å². The first kappa shape index (κ1) is 13.1. The third kappa shape index (κ3) is 3.59. The third-order valence-corrected chi connectivity index (χ3v) is 3.24. The normalized spacial score (nSPS) is 12.6. The first-order valence-corrected chi connectivity index (χ1v) is 6.49. The van der Waals surface area contributed by atoms with Gasteiger partial charge in [-0.3, -0.25) is 4.68 Å². The fraction of sp³-hybridized carbons (Fsp3) is 0.357. The first-order chi connectivity index (χ1) is 8.65. The molecule has 0 radical (unpaired) electrons. The maximum absolute atomic E-state index is 5.87. The summed E-state index contributed by atoms with van der Waals surface area (Å²) in [4.78, 5) is 0. The predicted molar refractivity (Wildman–Crippen MR) is 74.8 cm³/mol. The molecule has 0 bridgehead atoms. The Bertz CT molecular complexity index is 490. The van der Waals surface area contributed by atoms with E-state index in [0.717, 1.165) is 18.0 Å². The van der Waals surface area contributed by atoms with Gasteiger partial charge in [-0.1, -0.05) is 23.7 Å². The molecule has 0 saturated carbocycles. The Hall–Kier alpha value is -1.32. The molecule has 1 aromatic carbocycles. The lowest BCUT2D eigenvalue weighted by Crippen LogP contribution is -2.21. The SMILES string of the molecule is C[C@H](NCCc1cnn(C)c1)c1ccc(Cl)cc1. The first-order valence-electron chi connectivity index (χ1n) is 6.11. The van der Waals surface area contributed by atoms with E-state index < -0.39 is 0 Å². The zero-order valence-corrected chi connectivity index (χ0v) is 11.5. The van der Waals surface area contributed by atoms with Crippen LogP contribution in [0.1, 0.15) is 24.1 Å². The molecule has 2 rings (SSSR count). The quantitative estimate of drug-likeness (QED) is 0.899. The van der Waals surface area contributed by atoms with Crippen LogP contribution in [-0.2, 0) is 13.5 Å². The molecular weight excluding hydrogens is 246 g/mol. The Kier molecular flexibility index (Phi) is 4.39. The fourth-order valence-electron chi connectivity index (χ4n) is 1.90. The zero-order chi connectivity index (χ0) is 13.0. The van der Waals surface area contributed by atoms with Crippen molar-refractivity contribution in [3.8, 4) is 0 Å². The van der Waals surface area contributed by atoms with Gasteiger partial charge in [0, 0.05) is 24.3 Å². The molecule has 96 valence electrons. The molecule has 1 N–H and O–H groups in total. The second kappa shape index (κ2) is 6.03. The van der Waals surface area contributed by atoms with Gasteiger partial charge in [-0.25, -0.2) is 0 Å². The number of halogens is 1. The van der Waals surface area contributed by atoms with E-state index in [0.29, 0.717) is 6.04 Å². The molecule has 0 fully saturated rings. The summed E-state index contributed by atoms with van der Waals surface area (Å²) in [7, 11) is 1.94. The van der Waals surface area contributed by atoms with Gasteiger partial charge in [-0.05, 0) is 43.1 Å². The average Bonchev–Trinajstić information content (AvgIpc) is 2.76. The van der Waals surface area contributed by atoms with Crippen LogP contribution < -0.4 is 5.32 Å². The van der Waals surface area contributed by atoms with E-state index in [2.05, 4.69) is 35.7 Å². The number of hydrogen-bond acceptors (Lipinski definition) is 2. The Morgan fingerprint density at radius 3 is 2.67 bits per heavy atom. The minimum absolute atomic E-state index is 0.332. The smallest absolute Gasteiger partial charge is 0.0522 e. The molecule has 0 aliphatic rings. The van der Waals surface area contributed by atoms with Crippen LogP contribution in [0.4, 0.5) is 0 Å². The molecule has 4 heteroatoms. The topological polar surface area (TPSA) is 29.9 Å². The molecule has 3 nitrogen and oxygen atoms in total. The Morgan fingerprint density at radius 1 is 1.33 bits per heavy atom. The lowest BCUT2D eigenvalue weighted by Gasteiger charge is -2.13. The third-order valence-electron chi connectivity index (χ3n) is 2.99. The number of rotatable bonds is 5. The van der Waals surface area contributed by atoms with Gasteiger partial charge in [0.1, 0.15) is 0 Å². The Labute approximate surface area is 113 Å². The van der Waals surface area contributed by atoms with Crippen molar-refractivity contribution in [2.24, 2.45) is 7.05 Å². The summed E-state index contributed by atoms with van der Waals surface area (Å²) >= 11 is 5.87. The summed E-state index contributed by atoms with van der Waals surface area (Å²) in [5.74, 6) is 0. The van der Waals surface area contributed by atoms with Crippen molar-refractivity contribution in [1.29, 1.82) is 0 Å². The van der Waals surface area contributed by atoms with Gasteiger partial charge >= 0.3 is 0 Å². The molecule has 0 spiro atoms. The van der Waals surface area contributed by atoms with Gasteiger partial charge in [0.15, 0.2) is 0 Å². The lowest BCUT2D eigenvalue weighted by atomic mass is 10.1. The maximum Gasteiger partial charge on any atom is 0.0522 e. The number of nitrogens with one attached hydrogen (secondary N) is 1. The number of nitrogens with zero attached hydrogens (tertiary/aromatic N) is 2. The summed E-state index contributed by atoms with van der Waals surface area (Å²) in [6.45, 7) is 3.10. The van der Waals surface area contributed by atoms with Crippen molar-refractivity contribution >= 4 is 11.6 Å². The Balaban J connectivity index is 1.81. The molecule has 0 amide bonds. The van der Waals surface area contributed by atoms with Gasteiger partial charge < -0.3 is 5.32 Å². The van der Waals surface area contributed by atoms with Gasteiger partial charge in [0.25, 0.3) is 0 Å². The molecule has 0 aliphatic heterocycles. The average molecular weight is 264 g/mol. The highest BCUT2D eigenvalue weighted by Gasteiger charge is 2.04. The molecule has 0 aliphatic carbocycles. The van der Waals surface area contributed by atoms with E-state index in [1.807, 2.05) is 30.1 Å². The van der Waals surface area contributed by atoms with Crippen LogP contribution in [0.2, 0.25) is 5.02 Å². The van der Waals surface area contributed by atoms with Crippen LogP contribution >= 0.6 is 11.6 Å². The summed E-state index contributed by atoms with van der Waals surface area (Å²) in [5.41, 5.74) is 2.51. The highest BCUT2D eigenvalue weighted by Crippen LogP contribution is 2.15. The monoisotopic (exact) mass is 263 g/mol. The molecule has 18 heavy (non-hydrogen) atoms. The number of aryl methyl sites for hydroxylation is 1. The number of aromatic nitrogens is 2. The lowest BCUT2D eigenvalue weighted by molar-refractivity contribution is 0.577. The van der Waals surface area contributed by atoms with Crippen LogP contribution in [0.15, 0.2) is 36.7 Å². The fourth-order valence-corrected chi connectivity index (χ4v) is 2.03. The largest absolute Gasteiger partial charge is 0.310 e. The van der Waals surface area contributed by atoms with Crippen molar-refractivity contribution < 1.29 is 0 Å². The predicted octanol–water partition coefficient (Wildman–Crippen LogP) is 2.97. The second-order valence-electron chi connectivity index (χ2n) is 4.50. The summed E-state index contributed by atoms with van der Waals surface area (Å²) in [5, 5.41) is 8.43. The van der Waals surface area contributed by atoms with Crippen molar-refractivity contribution in [2.75, 3.05) is 6.54 Å². The van der Waals surface area contributed by atoms with Crippen LogP contribution in [0.3, 0.4) is 0 Å². The van der Waals surface area contributed by atoms with Crippen molar-refractivity contribution in [2.45, 2.75) is 19.4 Å². The van der Waals surface area contributed by atoms with Gasteiger partial charge in [-0.15, -0.1) is 0 Å². The van der Waals surface area contributed by atoms with E-state index >= 15 is 0 Å². The Morgan fingerprint density at radius 2 is 2.06 bits per heavy atom. The summed E-state index contributed by atoms with van der Waals surface area (Å²) < 4.78 is 1.83. The molecule has 1 atom stereocenters. The maximum atomic E-state index is 5.87. The van der Waals surface area contributed by atoms with E-state index in [1.54, 1.807) is 0 Å². The van der Waals surface area contributed by atoms with Crippen molar-refractivity contribution in [3.05, 3.63) is 52.8 Å². The second-order valence-corrected chi connectivity index (χ2v) is 4.94. The standard InChI is InChI=1S/C14H18ClN3/c1-11(13-3-5-14(15)6-4-13)16-8-7-12-9-17-18(2)10-12/h3-6,9-11,16H,7-8H2,1-2H3/t11-/m0/s1. The van der Waals surface area contributed by atoms with E-state index in [9.17, 15) is 0 Å². The highest BCUT2D eigenvalue weighted by atomic mass is 35.5. The minimum Gasteiger partial charge on any atom is -0.310 e. The van der Waals surface area contributed by atoms with Crippen LogP contribution in [0.25, 0.3) is 0 Å². The number of benzene rings is 1. The van der Waals surface area contributed by atoms with E-state index in [4.69, 9.17) is 11.6 Å². The van der Waals surface area contributed by atoms with Crippen molar-refractivity contribution in [3.63, 3.8) is 0 Å². The van der Waals surface area contributed by atoms with Crippen LogP contribution in [0.5, 0.6) is 0 Å². The molecular formula is C14H18ClN3. The van der Waals surface area contributed by atoms with E-state index in [1.165, 1.54) is 11.1 Å². The molecule has 0 saturated heterocycles. The number of hydrogen-bond donors (Lipinski definition) is 1. The van der Waals surface area contributed by atoms with Gasteiger partial charge in [-0.2, -0.15) is 5.10 Å². The van der Waals surface area contributed by atoms with Crippen LogP contribution in [-0.4, -0.2) is 16.3 Å². The summed E-state index contributed by atoms with van der Waals surface area (Å²) in [6, 6.07) is 8.31.